The van der Waals surface area contributed by atoms with Crippen molar-refractivity contribution in [3.05, 3.63) is 23.3 Å². The number of carbonyl (C=O) groups is 3. The van der Waals surface area contributed by atoms with Crippen LogP contribution < -0.4 is 0 Å². The summed E-state index contributed by atoms with van der Waals surface area (Å²) < 4.78 is 5.79. The van der Waals surface area contributed by atoms with Crippen LogP contribution in [0.3, 0.4) is 0 Å². The number of fused-ring (bicyclic) bond motifs is 5. The number of carbonyl (C=O) groups excluding carboxylic acids is 3. The number of Topliss-reactive ketones (excluding diaryl/α,β-unsaturated/α-hetero) is 1. The van der Waals surface area contributed by atoms with Crippen molar-refractivity contribution in [1.82, 2.24) is 0 Å². The molecule has 2 fully saturated rings. The molecule has 0 spiro atoms. The normalized spacial score (nSPS) is 43.0. The van der Waals surface area contributed by atoms with Crippen LogP contribution in [0.25, 0.3) is 0 Å². The molecule has 4 nitrogen and oxygen atoms in total. The Bertz CT molecular complexity index is 775. The predicted molar refractivity (Wildman–Crippen MR) is 102 cm³/mol. The molecule has 4 rings (SSSR count). The van der Waals surface area contributed by atoms with Gasteiger partial charge in [0.2, 0.25) is 0 Å². The average Bonchev–Trinajstić information content (AvgIpc) is 2.89. The van der Waals surface area contributed by atoms with Crippen molar-refractivity contribution in [3.63, 3.8) is 0 Å². The van der Waals surface area contributed by atoms with E-state index in [2.05, 4.69) is 19.9 Å². The molecule has 0 heterocycles. The first-order chi connectivity index (χ1) is 12.7. The highest BCUT2D eigenvalue weighted by molar-refractivity contribution is 5.92. The van der Waals surface area contributed by atoms with E-state index in [9.17, 15) is 14.4 Å². The zero-order chi connectivity index (χ0) is 19.6. The summed E-state index contributed by atoms with van der Waals surface area (Å²) >= 11 is 0. The van der Waals surface area contributed by atoms with Gasteiger partial charge in [-0.25, -0.2) is 0 Å². The second kappa shape index (κ2) is 6.15. The fourth-order valence-corrected chi connectivity index (χ4v) is 7.04. The van der Waals surface area contributed by atoms with Crippen molar-refractivity contribution < 1.29 is 19.1 Å². The van der Waals surface area contributed by atoms with Gasteiger partial charge in [-0.15, -0.1) is 0 Å². The molecule has 0 aromatic heterocycles. The van der Waals surface area contributed by atoms with Gasteiger partial charge in [-0.05, 0) is 81.3 Å². The minimum Gasteiger partial charge on any atom is -0.451 e. The fraction of sp³-hybridized carbons (Fsp3) is 0.696. The first kappa shape index (κ1) is 18.6. The Morgan fingerprint density at radius 2 is 1.89 bits per heavy atom. The Morgan fingerprint density at radius 1 is 1.15 bits per heavy atom. The zero-order valence-electron chi connectivity index (χ0n) is 16.8. The number of esters is 1. The number of allylic oxidation sites excluding steroid dienone is 4. The highest BCUT2D eigenvalue weighted by Gasteiger charge is 2.66. The van der Waals surface area contributed by atoms with Crippen molar-refractivity contribution in [2.45, 2.75) is 71.8 Å². The molecule has 0 N–H and O–H groups in total. The second-order valence-electron chi connectivity index (χ2n) is 9.38. The standard InChI is InChI=1S/C23H30O4/c1-13-11-20-18(17-6-5-16(26)12-19(13)17)7-9-22(4)21(20)8-10-23(22,14(2)24)27-15(3)25/h11-12,17-18,20-21H,5-10H2,1-4H3/t17-,18-,20+,21-,22+,23+/m1/s1. The van der Waals surface area contributed by atoms with E-state index in [0.717, 1.165) is 25.7 Å². The summed E-state index contributed by atoms with van der Waals surface area (Å²) in [6, 6.07) is 0. The lowest BCUT2D eigenvalue weighted by molar-refractivity contribution is -0.184. The summed E-state index contributed by atoms with van der Waals surface area (Å²) in [6.07, 6.45) is 9.29. The van der Waals surface area contributed by atoms with Gasteiger partial charge in [-0.1, -0.05) is 18.6 Å². The first-order valence-corrected chi connectivity index (χ1v) is 10.3. The molecule has 0 aliphatic heterocycles. The zero-order valence-corrected chi connectivity index (χ0v) is 16.8. The Morgan fingerprint density at radius 3 is 2.56 bits per heavy atom. The number of ketones is 2. The van der Waals surface area contributed by atoms with E-state index in [0.29, 0.717) is 36.5 Å². The number of ether oxygens (including phenoxy) is 1. The van der Waals surface area contributed by atoms with Gasteiger partial charge in [-0.2, -0.15) is 0 Å². The highest BCUT2D eigenvalue weighted by Crippen LogP contribution is 2.65. The topological polar surface area (TPSA) is 60.4 Å². The molecule has 0 aromatic carbocycles. The number of hydrogen-bond donors (Lipinski definition) is 0. The Hall–Kier alpha value is -1.71. The Kier molecular flexibility index (Phi) is 4.25. The lowest BCUT2D eigenvalue weighted by atomic mass is 9.51. The van der Waals surface area contributed by atoms with Crippen molar-refractivity contribution in [2.24, 2.45) is 29.1 Å². The van der Waals surface area contributed by atoms with Gasteiger partial charge >= 0.3 is 5.97 Å². The van der Waals surface area contributed by atoms with Gasteiger partial charge in [-0.3, -0.25) is 14.4 Å². The van der Waals surface area contributed by atoms with E-state index in [-0.39, 0.29) is 23.0 Å². The van der Waals surface area contributed by atoms with E-state index in [4.69, 9.17) is 4.74 Å². The molecule has 0 bridgehead atoms. The summed E-state index contributed by atoms with van der Waals surface area (Å²) in [5, 5.41) is 0. The monoisotopic (exact) mass is 370 g/mol. The first-order valence-electron chi connectivity index (χ1n) is 10.3. The molecule has 4 aliphatic rings. The highest BCUT2D eigenvalue weighted by atomic mass is 16.6. The van der Waals surface area contributed by atoms with Crippen molar-refractivity contribution >= 4 is 17.5 Å². The van der Waals surface area contributed by atoms with Crippen LogP contribution in [-0.2, 0) is 19.1 Å². The summed E-state index contributed by atoms with van der Waals surface area (Å²) in [5.74, 6) is 1.61. The van der Waals surface area contributed by atoms with E-state index >= 15 is 0 Å². The maximum absolute atomic E-state index is 12.7. The third kappa shape index (κ3) is 2.51. The van der Waals surface area contributed by atoms with Crippen LogP contribution in [0.4, 0.5) is 0 Å². The molecule has 2 saturated carbocycles. The molecule has 27 heavy (non-hydrogen) atoms. The molecule has 0 saturated heterocycles. The van der Waals surface area contributed by atoms with Gasteiger partial charge < -0.3 is 4.74 Å². The number of hydrogen-bond acceptors (Lipinski definition) is 4. The lowest BCUT2D eigenvalue weighted by Gasteiger charge is -2.54. The molecule has 146 valence electrons. The summed E-state index contributed by atoms with van der Waals surface area (Å²) in [4.78, 5) is 36.5. The largest absolute Gasteiger partial charge is 0.451 e. The minimum atomic E-state index is -0.977. The van der Waals surface area contributed by atoms with Crippen LogP contribution in [0, 0.1) is 29.1 Å². The van der Waals surface area contributed by atoms with Crippen molar-refractivity contribution in [1.29, 1.82) is 0 Å². The summed E-state index contributed by atoms with van der Waals surface area (Å²) in [6.45, 7) is 7.29. The number of rotatable bonds is 2. The van der Waals surface area contributed by atoms with Crippen LogP contribution in [0.15, 0.2) is 23.3 Å². The molecule has 0 aromatic rings. The van der Waals surface area contributed by atoms with Crippen LogP contribution in [0.2, 0.25) is 0 Å². The SMILES string of the molecule is CC(=O)O[C@]1(C(C)=O)CC[C@@H]2[C@H]3C=C(C)C4=CC(=O)CC[C@@H]4[C@H]3CC[C@@]21C. The third-order valence-corrected chi connectivity index (χ3v) is 8.22. The van der Waals surface area contributed by atoms with Crippen LogP contribution in [0.5, 0.6) is 0 Å². The predicted octanol–water partition coefficient (Wildman–Crippen LogP) is 4.19. The quantitative estimate of drug-likeness (QED) is 0.684. The fourth-order valence-electron chi connectivity index (χ4n) is 7.04. The molecule has 0 unspecified atom stereocenters. The van der Waals surface area contributed by atoms with Gasteiger partial charge in [0.15, 0.2) is 17.2 Å². The molecular formula is C23H30O4. The van der Waals surface area contributed by atoms with E-state index < -0.39 is 5.60 Å². The summed E-state index contributed by atoms with van der Waals surface area (Å²) in [7, 11) is 0. The lowest BCUT2D eigenvalue weighted by Crippen LogP contribution is -2.57. The molecule has 4 aliphatic carbocycles. The van der Waals surface area contributed by atoms with E-state index in [1.807, 2.05) is 6.08 Å². The van der Waals surface area contributed by atoms with Crippen LogP contribution >= 0.6 is 0 Å². The van der Waals surface area contributed by atoms with Crippen molar-refractivity contribution in [2.75, 3.05) is 0 Å². The molecule has 0 radical (unpaired) electrons. The molecule has 4 heteroatoms. The van der Waals surface area contributed by atoms with Gasteiger partial charge in [0.1, 0.15) is 0 Å². The summed E-state index contributed by atoms with van der Waals surface area (Å²) in [5.41, 5.74) is 1.18. The van der Waals surface area contributed by atoms with Crippen LogP contribution in [-0.4, -0.2) is 23.1 Å². The maximum atomic E-state index is 12.7. The molecule has 6 atom stereocenters. The minimum absolute atomic E-state index is 0.0125. The second-order valence-corrected chi connectivity index (χ2v) is 9.38. The van der Waals surface area contributed by atoms with E-state index in [1.165, 1.54) is 18.1 Å². The Labute approximate surface area is 161 Å². The maximum Gasteiger partial charge on any atom is 0.303 e. The smallest absolute Gasteiger partial charge is 0.303 e. The van der Waals surface area contributed by atoms with Gasteiger partial charge in [0, 0.05) is 18.8 Å². The van der Waals surface area contributed by atoms with Crippen molar-refractivity contribution in [3.8, 4) is 0 Å². The molecule has 0 amide bonds. The van der Waals surface area contributed by atoms with E-state index in [1.54, 1.807) is 6.92 Å². The van der Waals surface area contributed by atoms with Crippen LogP contribution in [0.1, 0.15) is 66.2 Å². The molecular weight excluding hydrogens is 340 g/mol. The Balaban J connectivity index is 1.75. The van der Waals surface area contributed by atoms with Gasteiger partial charge in [0.05, 0.1) is 0 Å². The average molecular weight is 370 g/mol. The van der Waals surface area contributed by atoms with Gasteiger partial charge in [0.25, 0.3) is 0 Å². The third-order valence-electron chi connectivity index (χ3n) is 8.22.